The van der Waals surface area contributed by atoms with Gasteiger partial charge in [0.2, 0.25) is 11.8 Å². The van der Waals surface area contributed by atoms with E-state index in [1.807, 2.05) is 31.2 Å². The quantitative estimate of drug-likeness (QED) is 0.599. The van der Waals surface area contributed by atoms with E-state index in [-0.39, 0.29) is 24.7 Å². The Morgan fingerprint density at radius 2 is 2.24 bits per heavy atom. The highest BCUT2D eigenvalue weighted by molar-refractivity contribution is 6.11. The van der Waals surface area contributed by atoms with E-state index in [4.69, 9.17) is 4.74 Å². The average molecular weight is 288 g/mol. The number of rotatable bonds is 6. The van der Waals surface area contributed by atoms with Gasteiger partial charge >= 0.3 is 0 Å². The molecule has 0 fully saturated rings. The number of nitrogens with zero attached hydrogens (tertiary/aromatic N) is 2. The lowest BCUT2D eigenvalue weighted by Crippen LogP contribution is -2.20. The van der Waals surface area contributed by atoms with Crippen molar-refractivity contribution in [3.05, 3.63) is 29.8 Å². The molecule has 0 radical (unpaired) electrons. The molecule has 2 amide bonds. The number of ether oxygens (including phenoxy) is 1. The van der Waals surface area contributed by atoms with Gasteiger partial charge in [-0.1, -0.05) is 0 Å². The molecule has 1 aliphatic heterocycles. The molecule has 21 heavy (non-hydrogen) atoms. The van der Waals surface area contributed by atoms with Crippen molar-refractivity contribution < 1.29 is 14.3 Å². The molecule has 7 nitrogen and oxygen atoms in total. The molecule has 0 saturated heterocycles. The van der Waals surface area contributed by atoms with E-state index in [1.54, 1.807) is 0 Å². The first-order valence-electron chi connectivity index (χ1n) is 6.56. The summed E-state index contributed by atoms with van der Waals surface area (Å²) in [4.78, 5) is 22.5. The van der Waals surface area contributed by atoms with Gasteiger partial charge in [0.25, 0.3) is 0 Å². The SMILES string of the molecule is CCOc1ccc(C=NNC(=O)CC2=NNC(=O)C2)cc1. The average Bonchev–Trinajstić information content (AvgIpc) is 2.86. The van der Waals surface area contributed by atoms with Gasteiger partial charge in [-0.3, -0.25) is 9.59 Å². The van der Waals surface area contributed by atoms with Gasteiger partial charge in [0.05, 0.1) is 31.4 Å². The lowest BCUT2D eigenvalue weighted by molar-refractivity contribution is -0.119. The fraction of sp³-hybridized carbons (Fsp3) is 0.286. The molecule has 2 N–H and O–H groups in total. The molecule has 0 atom stereocenters. The van der Waals surface area contributed by atoms with Crippen LogP contribution in [0.2, 0.25) is 0 Å². The Morgan fingerprint density at radius 1 is 1.48 bits per heavy atom. The van der Waals surface area contributed by atoms with Crippen molar-refractivity contribution in [2.75, 3.05) is 6.61 Å². The van der Waals surface area contributed by atoms with Crippen LogP contribution in [0.4, 0.5) is 0 Å². The van der Waals surface area contributed by atoms with Crippen LogP contribution in [0.25, 0.3) is 0 Å². The second-order valence-electron chi connectivity index (χ2n) is 4.36. The van der Waals surface area contributed by atoms with Gasteiger partial charge in [0, 0.05) is 0 Å². The van der Waals surface area contributed by atoms with Crippen molar-refractivity contribution >= 4 is 23.7 Å². The Hall–Kier alpha value is -2.70. The van der Waals surface area contributed by atoms with Gasteiger partial charge in [-0.25, -0.2) is 10.9 Å². The number of hydrogen-bond acceptors (Lipinski definition) is 5. The molecule has 0 unspecified atom stereocenters. The smallest absolute Gasteiger partial charge is 0.245 e. The Morgan fingerprint density at radius 3 is 2.86 bits per heavy atom. The fourth-order valence-electron chi connectivity index (χ4n) is 1.73. The molecule has 0 bridgehead atoms. The molecule has 1 aliphatic rings. The third kappa shape index (κ3) is 4.72. The highest BCUT2D eigenvalue weighted by Crippen LogP contribution is 2.10. The molecule has 1 heterocycles. The molecule has 1 aromatic rings. The van der Waals surface area contributed by atoms with E-state index < -0.39 is 0 Å². The van der Waals surface area contributed by atoms with Gasteiger partial charge in [0.15, 0.2) is 0 Å². The summed E-state index contributed by atoms with van der Waals surface area (Å²) in [6, 6.07) is 7.34. The van der Waals surface area contributed by atoms with Crippen LogP contribution in [0.15, 0.2) is 34.5 Å². The fourth-order valence-corrected chi connectivity index (χ4v) is 1.73. The summed E-state index contributed by atoms with van der Waals surface area (Å²) in [5, 5.41) is 7.59. The van der Waals surface area contributed by atoms with Crippen molar-refractivity contribution in [3.63, 3.8) is 0 Å². The summed E-state index contributed by atoms with van der Waals surface area (Å²) in [5.41, 5.74) is 6.03. The second kappa shape index (κ2) is 7.18. The molecule has 110 valence electrons. The summed E-state index contributed by atoms with van der Waals surface area (Å²) >= 11 is 0. The van der Waals surface area contributed by atoms with Gasteiger partial charge in [-0.05, 0) is 36.8 Å². The molecular formula is C14H16N4O3. The van der Waals surface area contributed by atoms with Crippen molar-refractivity contribution in [1.82, 2.24) is 10.9 Å². The van der Waals surface area contributed by atoms with E-state index in [0.29, 0.717) is 12.3 Å². The predicted octanol–water partition coefficient (Wildman–Crippen LogP) is 0.801. The predicted molar refractivity (Wildman–Crippen MR) is 78.2 cm³/mol. The first-order valence-corrected chi connectivity index (χ1v) is 6.56. The molecular weight excluding hydrogens is 272 g/mol. The number of hydrazone groups is 2. The molecule has 0 spiro atoms. The standard InChI is InChI=1S/C14H16N4O3/c1-2-21-12-5-3-10(4-6-12)9-15-17-13(19)7-11-8-14(20)18-16-11/h3-6,9H,2,7-8H2,1H3,(H,17,19)(H,18,20). The summed E-state index contributed by atoms with van der Waals surface area (Å²) in [5.74, 6) is 0.276. The number of carbonyl (C=O) groups excluding carboxylic acids is 2. The van der Waals surface area contributed by atoms with Gasteiger partial charge in [0.1, 0.15) is 5.75 Å². The van der Waals surface area contributed by atoms with Crippen LogP contribution in [0.1, 0.15) is 25.3 Å². The molecule has 0 aliphatic carbocycles. The van der Waals surface area contributed by atoms with Crippen LogP contribution in [0.5, 0.6) is 5.75 Å². The Labute approximate surface area is 122 Å². The van der Waals surface area contributed by atoms with Crippen LogP contribution in [0.3, 0.4) is 0 Å². The Kier molecular flexibility index (Phi) is 5.03. The summed E-state index contributed by atoms with van der Waals surface area (Å²) < 4.78 is 5.33. The maximum Gasteiger partial charge on any atom is 0.245 e. The Bertz CT molecular complexity index is 578. The maximum atomic E-state index is 11.6. The first-order chi connectivity index (χ1) is 10.2. The summed E-state index contributed by atoms with van der Waals surface area (Å²) in [6.45, 7) is 2.54. The summed E-state index contributed by atoms with van der Waals surface area (Å²) in [7, 11) is 0. The van der Waals surface area contributed by atoms with Crippen molar-refractivity contribution in [2.45, 2.75) is 19.8 Å². The van der Waals surface area contributed by atoms with E-state index >= 15 is 0 Å². The Balaban J connectivity index is 1.79. The minimum atomic E-state index is -0.313. The number of nitrogens with one attached hydrogen (secondary N) is 2. The molecule has 1 aromatic carbocycles. The van der Waals surface area contributed by atoms with Crippen LogP contribution < -0.4 is 15.6 Å². The van der Waals surface area contributed by atoms with Crippen molar-refractivity contribution in [1.29, 1.82) is 0 Å². The largest absolute Gasteiger partial charge is 0.494 e. The lowest BCUT2D eigenvalue weighted by atomic mass is 10.2. The molecule has 2 rings (SSSR count). The zero-order chi connectivity index (χ0) is 15.1. The normalized spacial score (nSPS) is 14.0. The van der Waals surface area contributed by atoms with Gasteiger partial charge in [-0.15, -0.1) is 0 Å². The number of benzene rings is 1. The van der Waals surface area contributed by atoms with E-state index in [2.05, 4.69) is 21.1 Å². The highest BCUT2D eigenvalue weighted by atomic mass is 16.5. The molecule has 0 aromatic heterocycles. The van der Waals surface area contributed by atoms with Crippen molar-refractivity contribution in [2.24, 2.45) is 10.2 Å². The maximum absolute atomic E-state index is 11.6. The zero-order valence-corrected chi connectivity index (χ0v) is 11.6. The summed E-state index contributed by atoms with van der Waals surface area (Å²) in [6.07, 6.45) is 1.75. The van der Waals surface area contributed by atoms with Crippen LogP contribution in [-0.2, 0) is 9.59 Å². The molecule has 0 saturated carbocycles. The number of amides is 2. The monoisotopic (exact) mass is 288 g/mol. The van der Waals surface area contributed by atoms with E-state index in [1.165, 1.54) is 6.21 Å². The lowest BCUT2D eigenvalue weighted by Gasteiger charge is -2.02. The third-order valence-corrected chi connectivity index (χ3v) is 2.66. The minimum Gasteiger partial charge on any atom is -0.494 e. The van der Waals surface area contributed by atoms with Crippen LogP contribution in [-0.4, -0.2) is 30.3 Å². The van der Waals surface area contributed by atoms with E-state index in [0.717, 1.165) is 11.3 Å². The first kappa shape index (κ1) is 14.7. The highest BCUT2D eigenvalue weighted by Gasteiger charge is 2.16. The van der Waals surface area contributed by atoms with Crippen LogP contribution in [0, 0.1) is 0 Å². The van der Waals surface area contributed by atoms with Gasteiger partial charge < -0.3 is 4.74 Å². The number of hydrogen-bond donors (Lipinski definition) is 2. The van der Waals surface area contributed by atoms with Gasteiger partial charge in [-0.2, -0.15) is 10.2 Å². The van der Waals surface area contributed by atoms with E-state index in [9.17, 15) is 9.59 Å². The van der Waals surface area contributed by atoms with Crippen molar-refractivity contribution in [3.8, 4) is 5.75 Å². The topological polar surface area (TPSA) is 92.2 Å². The minimum absolute atomic E-state index is 0.0549. The third-order valence-electron chi connectivity index (χ3n) is 2.66. The zero-order valence-electron chi connectivity index (χ0n) is 11.6. The second-order valence-corrected chi connectivity index (χ2v) is 4.36. The van der Waals surface area contributed by atoms with Crippen LogP contribution >= 0.6 is 0 Å². The molecule has 7 heteroatoms. The number of carbonyl (C=O) groups is 2.